The molecule has 0 spiro atoms. The molecule has 0 aromatic heterocycles. The van der Waals surface area contributed by atoms with Crippen molar-refractivity contribution >= 4 is 5.91 Å². The summed E-state index contributed by atoms with van der Waals surface area (Å²) in [6.45, 7) is 3.81. The second-order valence-corrected chi connectivity index (χ2v) is 8.31. The zero-order valence-corrected chi connectivity index (χ0v) is 15.7. The van der Waals surface area contributed by atoms with Crippen LogP contribution in [0, 0.1) is 6.07 Å². The van der Waals surface area contributed by atoms with Gasteiger partial charge >= 0.3 is 0 Å². The average Bonchev–Trinajstić information content (AvgIpc) is 3.21. The van der Waals surface area contributed by atoms with Crippen LogP contribution >= 0.6 is 0 Å². The summed E-state index contributed by atoms with van der Waals surface area (Å²) in [7, 11) is 0. The van der Waals surface area contributed by atoms with Gasteiger partial charge in [0, 0.05) is 24.9 Å². The number of benzene rings is 2. The molecular formula is C24H28NO. The van der Waals surface area contributed by atoms with Gasteiger partial charge in [0.2, 0.25) is 5.91 Å². The summed E-state index contributed by atoms with van der Waals surface area (Å²) >= 11 is 0. The molecule has 1 atom stereocenters. The number of hydrogen-bond donors (Lipinski definition) is 0. The van der Waals surface area contributed by atoms with Gasteiger partial charge < -0.3 is 4.90 Å². The molecule has 1 aliphatic heterocycles. The van der Waals surface area contributed by atoms with Crippen molar-refractivity contribution in [1.82, 2.24) is 4.90 Å². The van der Waals surface area contributed by atoms with Gasteiger partial charge in [0.1, 0.15) is 0 Å². The predicted octanol–water partition coefficient (Wildman–Crippen LogP) is 5.22. The summed E-state index contributed by atoms with van der Waals surface area (Å²) in [4.78, 5) is 14.6. The van der Waals surface area contributed by atoms with Crippen molar-refractivity contribution < 1.29 is 4.79 Å². The predicted molar refractivity (Wildman–Crippen MR) is 105 cm³/mol. The lowest BCUT2D eigenvalue weighted by Gasteiger charge is -2.41. The molecule has 1 unspecified atom stereocenters. The quantitative estimate of drug-likeness (QED) is 0.743. The van der Waals surface area contributed by atoms with Crippen LogP contribution in [0.5, 0.6) is 0 Å². The van der Waals surface area contributed by atoms with Crippen molar-refractivity contribution in [3.8, 4) is 0 Å². The molecule has 2 fully saturated rings. The summed E-state index contributed by atoms with van der Waals surface area (Å²) in [5.74, 6) is 0.954. The molecule has 135 valence electrons. The second kappa shape index (κ2) is 7.26. The van der Waals surface area contributed by atoms with Gasteiger partial charge in [-0.2, -0.15) is 0 Å². The first-order chi connectivity index (χ1) is 12.6. The van der Waals surface area contributed by atoms with Crippen molar-refractivity contribution in [2.75, 3.05) is 6.54 Å². The topological polar surface area (TPSA) is 20.3 Å². The van der Waals surface area contributed by atoms with E-state index in [1.165, 1.54) is 42.4 Å². The maximum Gasteiger partial charge on any atom is 0.222 e. The van der Waals surface area contributed by atoms with E-state index in [9.17, 15) is 4.79 Å². The fraction of sp³-hybridized carbons (Fsp3) is 0.458. The van der Waals surface area contributed by atoms with Gasteiger partial charge in [-0.05, 0) is 47.9 Å². The normalized spacial score (nSPS) is 24.2. The monoisotopic (exact) mass is 346 g/mol. The van der Waals surface area contributed by atoms with Gasteiger partial charge in [0.05, 0.1) is 0 Å². The molecule has 2 nitrogen and oxygen atoms in total. The van der Waals surface area contributed by atoms with Crippen molar-refractivity contribution in [2.24, 2.45) is 0 Å². The highest BCUT2D eigenvalue weighted by molar-refractivity contribution is 5.77. The third-order valence-electron chi connectivity index (χ3n) is 6.31. The minimum atomic E-state index is 0.0460. The van der Waals surface area contributed by atoms with E-state index in [0.717, 1.165) is 19.5 Å². The first-order valence-electron chi connectivity index (χ1n) is 9.98. The van der Waals surface area contributed by atoms with Crippen LogP contribution in [0.3, 0.4) is 0 Å². The minimum Gasteiger partial charge on any atom is -0.337 e. The maximum absolute atomic E-state index is 12.6. The smallest absolute Gasteiger partial charge is 0.222 e. The molecule has 26 heavy (non-hydrogen) atoms. The van der Waals surface area contributed by atoms with Gasteiger partial charge in [0.15, 0.2) is 0 Å². The summed E-state index contributed by atoms with van der Waals surface area (Å²) in [5, 5.41) is 0. The van der Waals surface area contributed by atoms with Gasteiger partial charge in [0.25, 0.3) is 0 Å². The lowest BCUT2D eigenvalue weighted by molar-refractivity contribution is -0.136. The average molecular weight is 346 g/mol. The van der Waals surface area contributed by atoms with Crippen molar-refractivity contribution in [3.63, 3.8) is 0 Å². The molecule has 2 aliphatic rings. The van der Waals surface area contributed by atoms with Crippen LogP contribution in [0.1, 0.15) is 68.1 Å². The molecular weight excluding hydrogens is 318 g/mol. The molecule has 4 rings (SSSR count). The summed E-state index contributed by atoms with van der Waals surface area (Å²) in [5.41, 5.74) is 3.97. The Bertz CT molecular complexity index is 763. The van der Waals surface area contributed by atoms with Crippen molar-refractivity contribution in [1.29, 1.82) is 0 Å². The van der Waals surface area contributed by atoms with Crippen molar-refractivity contribution in [3.05, 3.63) is 71.3 Å². The van der Waals surface area contributed by atoms with E-state index in [1.807, 2.05) is 6.07 Å². The van der Waals surface area contributed by atoms with E-state index in [0.29, 0.717) is 12.3 Å². The first-order valence-corrected chi connectivity index (χ1v) is 9.98. The van der Waals surface area contributed by atoms with Crippen LogP contribution in [0.2, 0.25) is 0 Å². The van der Waals surface area contributed by atoms with Gasteiger partial charge in [-0.15, -0.1) is 0 Å². The third kappa shape index (κ3) is 3.56. The van der Waals surface area contributed by atoms with Gasteiger partial charge in [-0.3, -0.25) is 4.79 Å². The van der Waals surface area contributed by atoms with Crippen LogP contribution < -0.4 is 0 Å². The molecule has 0 N–H and O–H groups in total. The molecule has 1 aliphatic carbocycles. The van der Waals surface area contributed by atoms with Crippen LogP contribution in [0.25, 0.3) is 0 Å². The zero-order chi connectivity index (χ0) is 18.0. The number of hydrogen-bond acceptors (Lipinski definition) is 1. The highest BCUT2D eigenvalue weighted by atomic mass is 16.2. The van der Waals surface area contributed by atoms with Crippen LogP contribution in [0.15, 0.2) is 48.5 Å². The number of nitrogens with zero attached hydrogens (tertiary/aromatic N) is 1. The molecule has 1 saturated heterocycles. The Morgan fingerprint density at radius 1 is 1.15 bits per heavy atom. The maximum atomic E-state index is 12.6. The highest BCUT2D eigenvalue weighted by Crippen LogP contribution is 2.36. The van der Waals surface area contributed by atoms with Crippen LogP contribution in [-0.2, 0) is 16.8 Å². The van der Waals surface area contributed by atoms with E-state index in [1.54, 1.807) is 0 Å². The summed E-state index contributed by atoms with van der Waals surface area (Å²) in [6.07, 6.45) is 6.82. The molecule has 2 aromatic carbocycles. The molecule has 1 heterocycles. The van der Waals surface area contributed by atoms with Crippen LogP contribution in [0.4, 0.5) is 0 Å². The van der Waals surface area contributed by atoms with Crippen molar-refractivity contribution in [2.45, 2.75) is 63.3 Å². The molecule has 1 radical (unpaired) electrons. The molecule has 2 heteroatoms. The van der Waals surface area contributed by atoms with Gasteiger partial charge in [-0.1, -0.05) is 68.3 Å². The lowest BCUT2D eigenvalue weighted by atomic mass is 9.75. The number of piperidine rings is 1. The molecule has 1 saturated carbocycles. The number of carbonyl (C=O) groups is 1. The van der Waals surface area contributed by atoms with E-state index in [-0.39, 0.29) is 11.3 Å². The van der Waals surface area contributed by atoms with Gasteiger partial charge in [-0.25, -0.2) is 0 Å². The Labute approximate surface area is 157 Å². The minimum absolute atomic E-state index is 0.0460. The number of likely N-dealkylation sites (tertiary alicyclic amines) is 1. The first kappa shape index (κ1) is 17.3. The molecule has 0 bridgehead atoms. The SMILES string of the molecule is CC1(c2ccccc2)CCC(=O)N(Cc2cc[c]c(C3CCCC3)c2)C1. The second-order valence-electron chi connectivity index (χ2n) is 8.31. The highest BCUT2D eigenvalue weighted by Gasteiger charge is 2.36. The summed E-state index contributed by atoms with van der Waals surface area (Å²) in [6, 6.07) is 20.6. The zero-order valence-electron chi connectivity index (χ0n) is 15.7. The van der Waals surface area contributed by atoms with E-state index < -0.39 is 0 Å². The standard InChI is InChI=1S/C24H28NO/c1-24(22-12-3-2-4-13-22)15-14-23(26)25(18-24)17-19-8-7-11-21(16-19)20-9-5-6-10-20/h2-4,7-8,12-13,16,20H,5-6,9-10,14-15,17-18H2,1H3. The van der Waals surface area contributed by atoms with E-state index >= 15 is 0 Å². The molecule has 1 amide bonds. The largest absolute Gasteiger partial charge is 0.337 e. The Morgan fingerprint density at radius 2 is 1.92 bits per heavy atom. The Hall–Kier alpha value is -2.09. The Balaban J connectivity index is 1.51. The number of rotatable bonds is 4. The Kier molecular flexibility index (Phi) is 4.84. The fourth-order valence-corrected chi connectivity index (χ4v) is 4.68. The number of carbonyl (C=O) groups excluding carboxylic acids is 1. The fourth-order valence-electron chi connectivity index (χ4n) is 4.68. The third-order valence-corrected chi connectivity index (χ3v) is 6.31. The lowest BCUT2D eigenvalue weighted by Crippen LogP contribution is -2.47. The summed E-state index contributed by atoms with van der Waals surface area (Å²) < 4.78 is 0. The van der Waals surface area contributed by atoms with Crippen LogP contribution in [-0.4, -0.2) is 17.4 Å². The molecule has 2 aromatic rings. The van der Waals surface area contributed by atoms with E-state index in [4.69, 9.17) is 0 Å². The Morgan fingerprint density at radius 3 is 2.69 bits per heavy atom. The van der Waals surface area contributed by atoms with E-state index in [2.05, 4.69) is 60.4 Å². The number of amides is 1.